The molecule has 2 amide bonds. The first kappa shape index (κ1) is 13.8. The Morgan fingerprint density at radius 1 is 1.42 bits per heavy atom. The van der Waals surface area contributed by atoms with Gasteiger partial charge in [-0.3, -0.25) is 14.5 Å². The molecule has 0 N–H and O–H groups in total. The maximum atomic E-state index is 13.6. The molecule has 3 nitrogen and oxygen atoms in total. The summed E-state index contributed by atoms with van der Waals surface area (Å²) in [6.07, 6.45) is 2.75. The van der Waals surface area contributed by atoms with Gasteiger partial charge in [-0.15, -0.1) is 6.58 Å². The molecule has 1 saturated heterocycles. The Morgan fingerprint density at radius 3 is 2.79 bits per heavy atom. The Kier molecular flexibility index (Phi) is 4.07. The first-order chi connectivity index (χ1) is 9.04. The maximum Gasteiger partial charge on any atom is 0.293 e. The number of rotatable bonds is 3. The molecule has 0 saturated carbocycles. The molecule has 98 valence electrons. The number of thioether (sulfide) groups is 1. The largest absolute Gasteiger partial charge is 0.293 e. The monoisotopic (exact) mass is 297 g/mol. The lowest BCUT2D eigenvalue weighted by Gasteiger charge is -2.07. The smallest absolute Gasteiger partial charge is 0.268 e. The number of nitrogens with zero attached hydrogens (tertiary/aromatic N) is 1. The second kappa shape index (κ2) is 5.59. The van der Waals surface area contributed by atoms with Crippen LogP contribution in [0.2, 0.25) is 5.02 Å². The third-order valence-corrected chi connectivity index (χ3v) is 3.70. The minimum Gasteiger partial charge on any atom is -0.268 e. The summed E-state index contributed by atoms with van der Waals surface area (Å²) in [6.45, 7) is 3.61. The van der Waals surface area contributed by atoms with E-state index in [-0.39, 0.29) is 22.0 Å². The molecule has 1 aromatic carbocycles. The zero-order chi connectivity index (χ0) is 14.0. The summed E-state index contributed by atoms with van der Waals surface area (Å²) in [5.74, 6) is -1.00. The van der Waals surface area contributed by atoms with Gasteiger partial charge < -0.3 is 0 Å². The first-order valence-electron chi connectivity index (χ1n) is 5.35. The van der Waals surface area contributed by atoms with E-state index < -0.39 is 17.0 Å². The van der Waals surface area contributed by atoms with Gasteiger partial charge in [-0.05, 0) is 30.0 Å². The van der Waals surface area contributed by atoms with Crippen LogP contribution in [0.3, 0.4) is 0 Å². The maximum absolute atomic E-state index is 13.6. The van der Waals surface area contributed by atoms with E-state index in [2.05, 4.69) is 6.58 Å². The Labute approximate surface area is 118 Å². The van der Waals surface area contributed by atoms with Crippen LogP contribution in [0.15, 0.2) is 35.8 Å². The van der Waals surface area contributed by atoms with E-state index in [1.807, 2.05) is 0 Å². The zero-order valence-electron chi connectivity index (χ0n) is 9.73. The number of carbonyl (C=O) groups excluding carboxylic acids is 2. The molecule has 0 aliphatic carbocycles. The summed E-state index contributed by atoms with van der Waals surface area (Å²) >= 11 is 6.63. The number of halogens is 2. The van der Waals surface area contributed by atoms with Gasteiger partial charge in [0.25, 0.3) is 11.1 Å². The van der Waals surface area contributed by atoms with Crippen molar-refractivity contribution >= 4 is 40.6 Å². The number of amides is 2. The van der Waals surface area contributed by atoms with Crippen LogP contribution in [0, 0.1) is 5.82 Å². The molecule has 0 atom stereocenters. The summed E-state index contributed by atoms with van der Waals surface area (Å²) in [5.41, 5.74) is 0.105. The summed E-state index contributed by atoms with van der Waals surface area (Å²) in [6, 6.07) is 4.23. The highest BCUT2D eigenvalue weighted by atomic mass is 35.5. The van der Waals surface area contributed by atoms with Gasteiger partial charge >= 0.3 is 0 Å². The van der Waals surface area contributed by atoms with E-state index in [0.717, 1.165) is 16.7 Å². The van der Waals surface area contributed by atoms with Gasteiger partial charge in [0.15, 0.2) is 0 Å². The molecule has 1 aliphatic rings. The molecule has 0 unspecified atom stereocenters. The van der Waals surface area contributed by atoms with Gasteiger partial charge in [-0.25, -0.2) is 4.39 Å². The van der Waals surface area contributed by atoms with Crippen LogP contribution >= 0.6 is 23.4 Å². The lowest BCUT2D eigenvalue weighted by molar-refractivity contribution is -0.122. The molecule has 2 rings (SSSR count). The van der Waals surface area contributed by atoms with Gasteiger partial charge in [0.2, 0.25) is 0 Å². The predicted molar refractivity (Wildman–Crippen MR) is 74.3 cm³/mol. The topological polar surface area (TPSA) is 37.4 Å². The molecule has 0 aromatic heterocycles. The van der Waals surface area contributed by atoms with E-state index >= 15 is 0 Å². The summed E-state index contributed by atoms with van der Waals surface area (Å²) in [7, 11) is 0. The SMILES string of the molecule is C=CCN1C(=O)S/C(=C/c2c(F)cccc2Cl)C1=O. The lowest BCUT2D eigenvalue weighted by atomic mass is 10.2. The fraction of sp³-hybridized carbons (Fsp3) is 0.0769. The van der Waals surface area contributed by atoms with Crippen LogP contribution in [0.1, 0.15) is 5.56 Å². The van der Waals surface area contributed by atoms with E-state index in [0.29, 0.717) is 0 Å². The van der Waals surface area contributed by atoms with Gasteiger partial charge in [-0.2, -0.15) is 0 Å². The van der Waals surface area contributed by atoms with Crippen molar-refractivity contribution in [1.82, 2.24) is 4.90 Å². The number of imide groups is 1. The third kappa shape index (κ3) is 2.72. The average molecular weight is 298 g/mol. The Bertz CT molecular complexity index is 580. The fourth-order valence-corrected chi connectivity index (χ4v) is 2.61. The molecule has 0 spiro atoms. The van der Waals surface area contributed by atoms with Crippen LogP contribution in [0.4, 0.5) is 9.18 Å². The van der Waals surface area contributed by atoms with Crippen LogP contribution in [-0.2, 0) is 4.79 Å². The highest BCUT2D eigenvalue weighted by molar-refractivity contribution is 8.18. The van der Waals surface area contributed by atoms with Gasteiger partial charge in [0.1, 0.15) is 5.82 Å². The molecular weight excluding hydrogens is 289 g/mol. The Morgan fingerprint density at radius 2 is 2.16 bits per heavy atom. The second-order valence-corrected chi connectivity index (χ2v) is 5.12. The summed E-state index contributed by atoms with van der Waals surface area (Å²) in [5, 5.41) is -0.209. The molecule has 0 bridgehead atoms. The molecule has 0 radical (unpaired) electrons. The predicted octanol–water partition coefficient (Wildman–Crippen LogP) is 3.70. The van der Waals surface area contributed by atoms with E-state index in [1.165, 1.54) is 30.4 Å². The number of benzene rings is 1. The second-order valence-electron chi connectivity index (χ2n) is 3.72. The van der Waals surface area contributed by atoms with Crippen LogP contribution < -0.4 is 0 Å². The quantitative estimate of drug-likeness (QED) is 0.630. The van der Waals surface area contributed by atoms with Crippen LogP contribution in [0.5, 0.6) is 0 Å². The molecule has 1 aromatic rings. The third-order valence-electron chi connectivity index (χ3n) is 2.46. The van der Waals surface area contributed by atoms with Crippen molar-refractivity contribution in [2.75, 3.05) is 6.54 Å². The summed E-state index contributed by atoms with van der Waals surface area (Å²) in [4.78, 5) is 24.7. The minimum absolute atomic E-state index is 0.105. The first-order valence-corrected chi connectivity index (χ1v) is 6.54. The van der Waals surface area contributed by atoms with Gasteiger partial charge in [-0.1, -0.05) is 23.7 Å². The van der Waals surface area contributed by atoms with Crippen molar-refractivity contribution in [2.24, 2.45) is 0 Å². The fourth-order valence-electron chi connectivity index (χ4n) is 1.57. The standard InChI is InChI=1S/C13H9ClFNO2S/c1-2-6-16-12(17)11(19-13(16)18)7-8-9(14)4-3-5-10(8)15/h2-5,7H,1,6H2/b11-7+. The van der Waals surface area contributed by atoms with Gasteiger partial charge in [0.05, 0.1) is 9.93 Å². The van der Waals surface area contributed by atoms with Crippen molar-refractivity contribution in [1.29, 1.82) is 0 Å². The van der Waals surface area contributed by atoms with Gasteiger partial charge in [0, 0.05) is 12.1 Å². The van der Waals surface area contributed by atoms with E-state index in [9.17, 15) is 14.0 Å². The van der Waals surface area contributed by atoms with E-state index in [4.69, 9.17) is 11.6 Å². The minimum atomic E-state index is -0.539. The molecule has 1 heterocycles. The lowest BCUT2D eigenvalue weighted by Crippen LogP contribution is -2.27. The highest BCUT2D eigenvalue weighted by Gasteiger charge is 2.34. The Hall–Kier alpha value is -1.59. The van der Waals surface area contributed by atoms with Crippen molar-refractivity contribution in [3.63, 3.8) is 0 Å². The van der Waals surface area contributed by atoms with Crippen LogP contribution in [-0.4, -0.2) is 22.6 Å². The average Bonchev–Trinajstić information content (AvgIpc) is 2.62. The number of carbonyl (C=O) groups is 2. The zero-order valence-corrected chi connectivity index (χ0v) is 11.3. The summed E-state index contributed by atoms with van der Waals surface area (Å²) < 4.78 is 13.6. The highest BCUT2D eigenvalue weighted by Crippen LogP contribution is 2.33. The normalized spacial score (nSPS) is 17.4. The van der Waals surface area contributed by atoms with Crippen molar-refractivity contribution in [3.05, 3.63) is 52.2 Å². The van der Waals surface area contributed by atoms with Crippen molar-refractivity contribution < 1.29 is 14.0 Å². The molecule has 1 aliphatic heterocycles. The Balaban J connectivity index is 2.38. The molecule has 1 fully saturated rings. The molecular formula is C13H9ClFNO2S. The van der Waals surface area contributed by atoms with Crippen LogP contribution in [0.25, 0.3) is 6.08 Å². The molecule has 6 heteroatoms. The van der Waals surface area contributed by atoms with E-state index in [1.54, 1.807) is 0 Å². The van der Waals surface area contributed by atoms with Crippen molar-refractivity contribution in [3.8, 4) is 0 Å². The number of hydrogen-bond donors (Lipinski definition) is 0. The van der Waals surface area contributed by atoms with Crippen molar-refractivity contribution in [2.45, 2.75) is 0 Å². The molecule has 19 heavy (non-hydrogen) atoms. The number of hydrogen-bond acceptors (Lipinski definition) is 3.